The van der Waals surface area contributed by atoms with Gasteiger partial charge in [0.25, 0.3) is 7.52 Å². The van der Waals surface area contributed by atoms with Gasteiger partial charge in [-0.05, 0) is 50.9 Å². The highest BCUT2D eigenvalue weighted by atomic mass is 31.2. The maximum Gasteiger partial charge on any atom is 0.277 e. The minimum Gasteiger partial charge on any atom is -0.316 e. The second-order valence-corrected chi connectivity index (χ2v) is 12.7. The monoisotopic (exact) mass is 329 g/mol. The van der Waals surface area contributed by atoms with E-state index in [1.54, 1.807) is 0 Å². The van der Waals surface area contributed by atoms with Gasteiger partial charge in [-0.15, -0.1) is 0 Å². The van der Waals surface area contributed by atoms with E-state index in [1.807, 2.05) is 0 Å². The van der Waals surface area contributed by atoms with Crippen LogP contribution >= 0.6 is 7.52 Å². The van der Waals surface area contributed by atoms with Crippen LogP contribution in [0.5, 0.6) is 0 Å². The van der Waals surface area contributed by atoms with Crippen molar-refractivity contribution in [2.45, 2.75) is 78.8 Å². The second-order valence-electron chi connectivity index (χ2n) is 9.53. The maximum atomic E-state index is 13.8. The third kappa shape index (κ3) is 4.16. The predicted molar refractivity (Wildman–Crippen MR) is 94.4 cm³/mol. The van der Waals surface area contributed by atoms with E-state index < -0.39 is 7.52 Å². The van der Waals surface area contributed by atoms with Crippen LogP contribution in [-0.2, 0) is 9.09 Å². The standard InChI is InChI=1S/C18H36NO2P/c1-17(2,3)14-21-22(20,18(4,5)6)19-12-11-15-9-7-8-10-16(15)13-19/h15-16H,7-14H2,1-6H3. The SMILES string of the molecule is CC(C)(C)COP(=O)(N1CCC2CCCCC2C1)C(C)(C)C. The predicted octanol–water partition coefficient (Wildman–Crippen LogP) is 5.55. The first kappa shape index (κ1) is 18.5. The molecule has 0 bridgehead atoms. The largest absolute Gasteiger partial charge is 0.316 e. The topological polar surface area (TPSA) is 29.5 Å². The van der Waals surface area contributed by atoms with E-state index in [-0.39, 0.29) is 10.6 Å². The van der Waals surface area contributed by atoms with Crippen molar-refractivity contribution in [1.29, 1.82) is 0 Å². The Morgan fingerprint density at radius 3 is 2.14 bits per heavy atom. The van der Waals surface area contributed by atoms with E-state index >= 15 is 0 Å². The molecule has 0 spiro atoms. The van der Waals surface area contributed by atoms with Gasteiger partial charge in [0.05, 0.1) is 11.8 Å². The van der Waals surface area contributed by atoms with E-state index in [4.69, 9.17) is 4.52 Å². The summed E-state index contributed by atoms with van der Waals surface area (Å²) in [6.45, 7) is 15.1. The summed E-state index contributed by atoms with van der Waals surface area (Å²) in [5.74, 6) is 1.59. The van der Waals surface area contributed by atoms with E-state index in [1.165, 1.54) is 32.1 Å². The molecular formula is C18H36NO2P. The zero-order valence-electron chi connectivity index (χ0n) is 15.5. The first-order valence-electron chi connectivity index (χ1n) is 9.03. The molecule has 1 saturated carbocycles. The third-order valence-corrected chi connectivity index (χ3v) is 8.44. The Morgan fingerprint density at radius 2 is 1.59 bits per heavy atom. The molecule has 0 aromatic rings. The summed E-state index contributed by atoms with van der Waals surface area (Å²) in [5, 5.41) is -0.320. The van der Waals surface area contributed by atoms with E-state index in [2.05, 4.69) is 46.2 Å². The fraction of sp³-hybridized carbons (Fsp3) is 1.00. The van der Waals surface area contributed by atoms with E-state index in [0.29, 0.717) is 6.61 Å². The Bertz CT molecular complexity index is 422. The van der Waals surface area contributed by atoms with Crippen LogP contribution in [0.1, 0.15) is 73.6 Å². The molecule has 0 amide bonds. The molecule has 1 aliphatic heterocycles. The molecule has 2 rings (SSSR count). The van der Waals surface area contributed by atoms with Gasteiger partial charge in [-0.3, -0.25) is 4.57 Å². The average molecular weight is 329 g/mol. The molecule has 4 heteroatoms. The van der Waals surface area contributed by atoms with Gasteiger partial charge >= 0.3 is 0 Å². The molecule has 130 valence electrons. The van der Waals surface area contributed by atoms with Gasteiger partial charge in [-0.1, -0.05) is 40.0 Å². The highest BCUT2D eigenvalue weighted by Crippen LogP contribution is 2.63. The minimum absolute atomic E-state index is 0.0457. The molecule has 2 fully saturated rings. The quantitative estimate of drug-likeness (QED) is 0.635. The molecule has 0 aromatic heterocycles. The van der Waals surface area contributed by atoms with Crippen molar-refractivity contribution in [3.05, 3.63) is 0 Å². The van der Waals surface area contributed by atoms with Crippen molar-refractivity contribution < 1.29 is 9.09 Å². The van der Waals surface area contributed by atoms with Crippen molar-refractivity contribution >= 4 is 7.52 Å². The van der Waals surface area contributed by atoms with Crippen molar-refractivity contribution in [2.24, 2.45) is 17.3 Å². The molecular weight excluding hydrogens is 293 g/mol. The number of hydrogen-bond donors (Lipinski definition) is 0. The summed E-state index contributed by atoms with van der Waals surface area (Å²) in [7, 11) is -2.81. The molecule has 0 radical (unpaired) electrons. The molecule has 0 N–H and O–H groups in total. The number of fused-ring (bicyclic) bond motifs is 1. The minimum atomic E-state index is -2.81. The van der Waals surface area contributed by atoms with Crippen LogP contribution in [-0.4, -0.2) is 29.5 Å². The van der Waals surface area contributed by atoms with E-state index in [9.17, 15) is 4.57 Å². The summed E-state index contributed by atoms with van der Waals surface area (Å²) in [6, 6.07) is 0. The summed E-state index contributed by atoms with van der Waals surface area (Å²) in [4.78, 5) is 0. The molecule has 1 aliphatic carbocycles. The molecule has 3 unspecified atom stereocenters. The van der Waals surface area contributed by atoms with Gasteiger partial charge < -0.3 is 4.52 Å². The van der Waals surface area contributed by atoms with Gasteiger partial charge in [-0.25, -0.2) is 4.67 Å². The maximum absolute atomic E-state index is 13.8. The first-order valence-corrected chi connectivity index (χ1v) is 10.6. The normalized spacial score (nSPS) is 30.6. The Morgan fingerprint density at radius 1 is 1.00 bits per heavy atom. The Balaban J connectivity index is 2.13. The summed E-state index contributed by atoms with van der Waals surface area (Å²) < 4.78 is 22.2. The zero-order valence-corrected chi connectivity index (χ0v) is 16.4. The lowest BCUT2D eigenvalue weighted by Crippen LogP contribution is -2.43. The molecule has 0 aromatic carbocycles. The highest BCUT2D eigenvalue weighted by Gasteiger charge is 2.47. The Hall–Kier alpha value is 0.150. The van der Waals surface area contributed by atoms with Crippen LogP contribution in [0.3, 0.4) is 0 Å². The highest BCUT2D eigenvalue weighted by molar-refractivity contribution is 7.58. The van der Waals surface area contributed by atoms with Crippen molar-refractivity contribution in [3.8, 4) is 0 Å². The van der Waals surface area contributed by atoms with Gasteiger partial charge in [0.2, 0.25) is 0 Å². The molecule has 2 aliphatic rings. The number of nitrogens with zero attached hydrogens (tertiary/aromatic N) is 1. The first-order chi connectivity index (χ1) is 10.0. The Kier molecular flexibility index (Phi) is 5.52. The van der Waals surface area contributed by atoms with Gasteiger partial charge in [0, 0.05) is 13.1 Å². The lowest BCUT2D eigenvalue weighted by molar-refractivity contribution is 0.107. The Labute approximate surface area is 137 Å². The number of rotatable bonds is 3. The van der Waals surface area contributed by atoms with Gasteiger partial charge in [-0.2, -0.15) is 0 Å². The van der Waals surface area contributed by atoms with Crippen LogP contribution in [0.15, 0.2) is 0 Å². The van der Waals surface area contributed by atoms with Crippen molar-refractivity contribution in [1.82, 2.24) is 4.67 Å². The summed E-state index contributed by atoms with van der Waals surface area (Å²) in [5.41, 5.74) is 0.0457. The fourth-order valence-corrected chi connectivity index (χ4v) is 6.57. The average Bonchev–Trinajstić information content (AvgIpc) is 2.42. The molecule has 3 atom stereocenters. The van der Waals surface area contributed by atoms with Crippen molar-refractivity contribution in [3.63, 3.8) is 0 Å². The smallest absolute Gasteiger partial charge is 0.277 e. The van der Waals surface area contributed by atoms with Crippen LogP contribution < -0.4 is 0 Å². The van der Waals surface area contributed by atoms with Crippen molar-refractivity contribution in [2.75, 3.05) is 19.7 Å². The molecule has 1 saturated heterocycles. The molecule has 22 heavy (non-hydrogen) atoms. The van der Waals surface area contributed by atoms with E-state index in [0.717, 1.165) is 24.9 Å². The lowest BCUT2D eigenvalue weighted by Gasteiger charge is -2.47. The number of piperidine rings is 1. The van der Waals surface area contributed by atoms with Crippen LogP contribution in [0.4, 0.5) is 0 Å². The molecule has 3 nitrogen and oxygen atoms in total. The zero-order chi connectivity index (χ0) is 16.6. The third-order valence-electron chi connectivity index (χ3n) is 5.16. The molecule has 1 heterocycles. The summed E-state index contributed by atoms with van der Waals surface area (Å²) in [6.07, 6.45) is 6.62. The van der Waals surface area contributed by atoms with Crippen LogP contribution in [0.25, 0.3) is 0 Å². The van der Waals surface area contributed by atoms with Crippen LogP contribution in [0.2, 0.25) is 0 Å². The second kappa shape index (κ2) is 6.57. The van der Waals surface area contributed by atoms with Gasteiger partial charge in [0.15, 0.2) is 0 Å². The number of hydrogen-bond acceptors (Lipinski definition) is 2. The van der Waals surface area contributed by atoms with Crippen LogP contribution in [0, 0.1) is 17.3 Å². The lowest BCUT2D eigenvalue weighted by atomic mass is 9.76. The summed E-state index contributed by atoms with van der Waals surface area (Å²) >= 11 is 0. The van der Waals surface area contributed by atoms with Gasteiger partial charge in [0.1, 0.15) is 0 Å². The fourth-order valence-electron chi connectivity index (χ4n) is 3.80.